The zero-order valence-electron chi connectivity index (χ0n) is 16.3. The summed E-state index contributed by atoms with van der Waals surface area (Å²) in [6.45, 7) is 5.13. The number of hydrogen-bond acceptors (Lipinski definition) is 2. The van der Waals surface area contributed by atoms with Gasteiger partial charge in [-0.1, -0.05) is 72.3 Å². The molecule has 0 bridgehead atoms. The molecule has 3 aromatic carbocycles. The molecular formula is C25H24N2S. The van der Waals surface area contributed by atoms with Crippen molar-refractivity contribution >= 4 is 17.0 Å². The van der Waals surface area contributed by atoms with Crippen molar-refractivity contribution in [3.05, 3.63) is 106 Å². The summed E-state index contributed by atoms with van der Waals surface area (Å²) in [7, 11) is 0. The fraction of sp³-hybridized carbons (Fsp3) is 0.160. The van der Waals surface area contributed by atoms with E-state index in [-0.39, 0.29) is 0 Å². The second-order valence-electron chi connectivity index (χ2n) is 7.11. The van der Waals surface area contributed by atoms with E-state index in [0.29, 0.717) is 0 Å². The first-order valence-corrected chi connectivity index (χ1v) is 10.5. The molecule has 0 radical (unpaired) electrons. The summed E-state index contributed by atoms with van der Waals surface area (Å²) in [5.41, 5.74) is 7.32. The standard InChI is InChI=1S/C25H24N2S/c1-19-11-13-22(14-12-19)24-18-28-25(26-23-10-6-7-20(2)17-23)27(24)16-15-21-8-4-3-5-9-21/h3-14,17-18H,15-16H2,1-2H3. The fourth-order valence-corrected chi connectivity index (χ4v) is 4.24. The van der Waals surface area contributed by atoms with Crippen molar-refractivity contribution < 1.29 is 0 Å². The van der Waals surface area contributed by atoms with Gasteiger partial charge in [0.1, 0.15) is 0 Å². The Balaban J connectivity index is 1.76. The summed E-state index contributed by atoms with van der Waals surface area (Å²) in [5, 5.41) is 2.23. The third kappa shape index (κ3) is 4.32. The first kappa shape index (κ1) is 18.5. The number of hydrogen-bond donors (Lipinski definition) is 0. The molecule has 0 aliphatic carbocycles. The highest BCUT2D eigenvalue weighted by Gasteiger charge is 2.09. The van der Waals surface area contributed by atoms with Gasteiger partial charge in [0.15, 0.2) is 4.80 Å². The molecule has 0 atom stereocenters. The van der Waals surface area contributed by atoms with E-state index in [1.807, 2.05) is 0 Å². The van der Waals surface area contributed by atoms with Crippen molar-refractivity contribution in [2.75, 3.05) is 0 Å². The molecule has 0 unspecified atom stereocenters. The van der Waals surface area contributed by atoms with E-state index in [2.05, 4.69) is 103 Å². The van der Waals surface area contributed by atoms with Crippen LogP contribution in [0.25, 0.3) is 11.3 Å². The lowest BCUT2D eigenvalue weighted by molar-refractivity contribution is 0.684. The van der Waals surface area contributed by atoms with E-state index in [4.69, 9.17) is 4.99 Å². The first-order valence-electron chi connectivity index (χ1n) is 9.60. The quantitative estimate of drug-likeness (QED) is 0.384. The van der Waals surface area contributed by atoms with E-state index >= 15 is 0 Å². The molecular weight excluding hydrogens is 360 g/mol. The van der Waals surface area contributed by atoms with Crippen molar-refractivity contribution in [2.24, 2.45) is 4.99 Å². The average molecular weight is 385 g/mol. The van der Waals surface area contributed by atoms with Crippen LogP contribution in [0.3, 0.4) is 0 Å². The monoisotopic (exact) mass is 384 g/mol. The van der Waals surface area contributed by atoms with Gasteiger partial charge in [0.05, 0.1) is 11.4 Å². The molecule has 0 aliphatic heterocycles. The molecule has 0 N–H and O–H groups in total. The molecule has 0 spiro atoms. The Morgan fingerprint density at radius 3 is 2.36 bits per heavy atom. The maximum absolute atomic E-state index is 4.96. The smallest absolute Gasteiger partial charge is 0.190 e. The molecule has 3 heteroatoms. The second kappa shape index (κ2) is 8.41. The minimum absolute atomic E-state index is 0.904. The highest BCUT2D eigenvalue weighted by Crippen LogP contribution is 2.22. The first-order chi connectivity index (χ1) is 13.7. The van der Waals surface area contributed by atoms with Gasteiger partial charge in [0.25, 0.3) is 0 Å². The fourth-order valence-electron chi connectivity index (χ4n) is 3.28. The van der Waals surface area contributed by atoms with Crippen LogP contribution in [0.1, 0.15) is 16.7 Å². The number of rotatable bonds is 5. The van der Waals surface area contributed by atoms with Crippen LogP contribution < -0.4 is 4.80 Å². The zero-order chi connectivity index (χ0) is 19.3. The molecule has 4 aromatic rings. The van der Waals surface area contributed by atoms with Gasteiger partial charge in [-0.2, -0.15) is 0 Å². The molecule has 1 aromatic heterocycles. The molecule has 0 saturated heterocycles. The minimum Gasteiger partial charge on any atom is -0.316 e. The molecule has 140 valence electrons. The Kier molecular flexibility index (Phi) is 5.54. The van der Waals surface area contributed by atoms with Gasteiger partial charge in [-0.15, -0.1) is 11.3 Å². The molecule has 2 nitrogen and oxygen atoms in total. The van der Waals surface area contributed by atoms with Crippen LogP contribution in [0.4, 0.5) is 5.69 Å². The summed E-state index contributed by atoms with van der Waals surface area (Å²) < 4.78 is 2.35. The van der Waals surface area contributed by atoms with Crippen molar-refractivity contribution in [3.63, 3.8) is 0 Å². The highest BCUT2D eigenvalue weighted by molar-refractivity contribution is 7.07. The molecule has 1 heterocycles. The lowest BCUT2D eigenvalue weighted by Crippen LogP contribution is -2.17. The van der Waals surface area contributed by atoms with Gasteiger partial charge in [0, 0.05) is 11.9 Å². The van der Waals surface area contributed by atoms with Crippen LogP contribution in [-0.2, 0) is 13.0 Å². The average Bonchev–Trinajstić information content (AvgIpc) is 3.10. The topological polar surface area (TPSA) is 17.3 Å². The lowest BCUT2D eigenvalue weighted by atomic mass is 10.1. The molecule has 0 aliphatic rings. The molecule has 0 amide bonds. The Morgan fingerprint density at radius 1 is 0.821 bits per heavy atom. The van der Waals surface area contributed by atoms with Crippen LogP contribution in [-0.4, -0.2) is 4.57 Å². The second-order valence-corrected chi connectivity index (χ2v) is 7.94. The summed E-state index contributed by atoms with van der Waals surface area (Å²) in [6, 6.07) is 27.8. The molecule has 0 saturated carbocycles. The summed E-state index contributed by atoms with van der Waals surface area (Å²) in [5.74, 6) is 0. The van der Waals surface area contributed by atoms with Gasteiger partial charge in [-0.3, -0.25) is 0 Å². The summed E-state index contributed by atoms with van der Waals surface area (Å²) in [6.07, 6.45) is 0.984. The van der Waals surface area contributed by atoms with E-state index in [1.165, 1.54) is 27.9 Å². The SMILES string of the molecule is Cc1ccc(-c2csc(=Nc3cccc(C)c3)n2CCc2ccccc2)cc1. The maximum Gasteiger partial charge on any atom is 0.190 e. The van der Waals surface area contributed by atoms with Gasteiger partial charge >= 0.3 is 0 Å². The van der Waals surface area contributed by atoms with Crippen LogP contribution >= 0.6 is 11.3 Å². The molecule has 28 heavy (non-hydrogen) atoms. The number of aromatic nitrogens is 1. The zero-order valence-corrected chi connectivity index (χ0v) is 17.1. The summed E-state index contributed by atoms with van der Waals surface area (Å²) in [4.78, 5) is 6.00. The molecule has 0 fully saturated rings. The van der Waals surface area contributed by atoms with Crippen molar-refractivity contribution in [1.82, 2.24) is 4.57 Å². The lowest BCUT2D eigenvalue weighted by Gasteiger charge is -2.10. The Labute approximate surface area is 170 Å². The minimum atomic E-state index is 0.904. The number of benzene rings is 3. The van der Waals surface area contributed by atoms with Crippen LogP contribution in [0.2, 0.25) is 0 Å². The predicted molar refractivity (Wildman–Crippen MR) is 119 cm³/mol. The van der Waals surface area contributed by atoms with Crippen molar-refractivity contribution in [1.29, 1.82) is 0 Å². The third-order valence-corrected chi connectivity index (χ3v) is 5.70. The number of aryl methyl sites for hydroxylation is 3. The van der Waals surface area contributed by atoms with E-state index < -0.39 is 0 Å². The van der Waals surface area contributed by atoms with Gasteiger partial charge in [-0.25, -0.2) is 4.99 Å². The van der Waals surface area contributed by atoms with E-state index in [9.17, 15) is 0 Å². The van der Waals surface area contributed by atoms with Crippen LogP contribution in [0, 0.1) is 13.8 Å². The van der Waals surface area contributed by atoms with Crippen LogP contribution in [0.5, 0.6) is 0 Å². The van der Waals surface area contributed by atoms with E-state index in [1.54, 1.807) is 11.3 Å². The van der Waals surface area contributed by atoms with Crippen molar-refractivity contribution in [2.45, 2.75) is 26.8 Å². The van der Waals surface area contributed by atoms with Gasteiger partial charge < -0.3 is 4.57 Å². The third-order valence-electron chi connectivity index (χ3n) is 4.84. The van der Waals surface area contributed by atoms with Crippen molar-refractivity contribution in [3.8, 4) is 11.3 Å². The Bertz CT molecular complexity index is 1120. The summed E-state index contributed by atoms with van der Waals surface area (Å²) >= 11 is 1.71. The Morgan fingerprint density at radius 2 is 1.61 bits per heavy atom. The number of nitrogens with zero attached hydrogens (tertiary/aromatic N) is 2. The Hall–Kier alpha value is -2.91. The van der Waals surface area contributed by atoms with E-state index in [0.717, 1.165) is 23.5 Å². The highest BCUT2D eigenvalue weighted by atomic mass is 32.1. The molecule has 4 rings (SSSR count). The van der Waals surface area contributed by atoms with Crippen LogP contribution in [0.15, 0.2) is 89.2 Å². The maximum atomic E-state index is 4.96. The van der Waals surface area contributed by atoms with Gasteiger partial charge in [-0.05, 0) is 49.1 Å². The number of thiazole rings is 1. The van der Waals surface area contributed by atoms with Gasteiger partial charge in [0.2, 0.25) is 0 Å². The predicted octanol–water partition coefficient (Wildman–Crippen LogP) is 6.31. The largest absolute Gasteiger partial charge is 0.316 e. The normalized spacial score (nSPS) is 11.7.